The summed E-state index contributed by atoms with van der Waals surface area (Å²) in [5, 5.41) is 10.7. The van der Waals surface area contributed by atoms with Gasteiger partial charge in [0, 0.05) is 18.3 Å². The first kappa shape index (κ1) is 19.6. The summed E-state index contributed by atoms with van der Waals surface area (Å²) in [4.78, 5) is 12.6. The van der Waals surface area contributed by atoms with E-state index in [9.17, 15) is 9.18 Å². The molecule has 152 valence electrons. The van der Waals surface area contributed by atoms with E-state index in [1.54, 1.807) is 47.3 Å². The first-order chi connectivity index (χ1) is 14.4. The van der Waals surface area contributed by atoms with Gasteiger partial charge in [-0.1, -0.05) is 30.3 Å². The lowest BCUT2D eigenvalue weighted by Crippen LogP contribution is -2.27. The van der Waals surface area contributed by atoms with Gasteiger partial charge in [-0.15, -0.1) is 10.2 Å². The Kier molecular flexibility index (Phi) is 5.18. The number of carbonyl (C=O) groups excluding carboxylic acids is 1. The molecule has 2 heterocycles. The number of nitrogens with zero attached hydrogens (tertiary/aromatic N) is 3. The number of halogens is 1. The fraction of sp³-hybridized carbons (Fsp3) is 0.174. The van der Waals surface area contributed by atoms with E-state index < -0.39 is 5.60 Å². The van der Waals surface area contributed by atoms with E-state index in [1.165, 1.54) is 6.07 Å². The summed E-state index contributed by atoms with van der Waals surface area (Å²) < 4.78 is 21.9. The molecule has 2 aromatic carbocycles. The molecule has 0 saturated heterocycles. The topological polar surface area (TPSA) is 68.5 Å². The second-order valence-electron chi connectivity index (χ2n) is 7.41. The largest absolute Gasteiger partial charge is 0.483 e. The quantitative estimate of drug-likeness (QED) is 0.525. The van der Waals surface area contributed by atoms with E-state index in [0.717, 1.165) is 5.56 Å². The molecule has 1 amide bonds. The van der Waals surface area contributed by atoms with Crippen LogP contribution in [0.25, 0.3) is 5.65 Å². The van der Waals surface area contributed by atoms with Gasteiger partial charge in [0.2, 0.25) is 0 Å². The molecule has 0 bridgehead atoms. The van der Waals surface area contributed by atoms with Gasteiger partial charge in [-0.3, -0.25) is 9.20 Å². The maximum atomic E-state index is 14.2. The molecule has 30 heavy (non-hydrogen) atoms. The monoisotopic (exact) mass is 404 g/mol. The second kappa shape index (κ2) is 7.94. The molecule has 0 saturated carbocycles. The van der Waals surface area contributed by atoms with Crippen molar-refractivity contribution in [2.24, 2.45) is 0 Å². The number of amides is 1. The highest BCUT2D eigenvalue weighted by Gasteiger charge is 2.26. The van der Waals surface area contributed by atoms with Crippen molar-refractivity contribution in [3.8, 4) is 5.75 Å². The zero-order chi connectivity index (χ0) is 21.1. The summed E-state index contributed by atoms with van der Waals surface area (Å²) in [6.45, 7) is 3.95. The predicted octanol–water partition coefficient (Wildman–Crippen LogP) is 4.11. The Morgan fingerprint density at radius 2 is 1.97 bits per heavy atom. The van der Waals surface area contributed by atoms with Gasteiger partial charge in [0.1, 0.15) is 23.5 Å². The maximum Gasteiger partial charge on any atom is 0.255 e. The fourth-order valence-electron chi connectivity index (χ4n) is 3.32. The summed E-state index contributed by atoms with van der Waals surface area (Å²) >= 11 is 0. The maximum absolute atomic E-state index is 14.2. The lowest BCUT2D eigenvalue weighted by atomic mass is 9.97. The summed E-state index contributed by atoms with van der Waals surface area (Å²) in [5.74, 6) is 0.0368. The molecule has 4 rings (SSSR count). The minimum atomic E-state index is -0.851. The van der Waals surface area contributed by atoms with Crippen LogP contribution in [0, 0.1) is 5.82 Å². The summed E-state index contributed by atoms with van der Waals surface area (Å²) in [6, 6.07) is 17.4. The zero-order valence-electron chi connectivity index (χ0n) is 16.7. The van der Waals surface area contributed by atoms with Crippen molar-refractivity contribution >= 4 is 11.6 Å². The van der Waals surface area contributed by atoms with Crippen LogP contribution in [0.4, 0.5) is 4.39 Å². The van der Waals surface area contributed by atoms with Gasteiger partial charge in [-0.05, 0) is 49.7 Å². The average Bonchev–Trinajstić information content (AvgIpc) is 3.21. The Morgan fingerprint density at radius 1 is 1.13 bits per heavy atom. The molecule has 0 aliphatic heterocycles. The van der Waals surface area contributed by atoms with Crippen LogP contribution in [0.2, 0.25) is 0 Å². The molecule has 0 radical (unpaired) electrons. The Balaban J connectivity index is 1.47. The molecule has 6 nitrogen and oxygen atoms in total. The molecule has 7 heteroatoms. The van der Waals surface area contributed by atoms with Gasteiger partial charge in [-0.25, -0.2) is 4.39 Å². The molecule has 4 aromatic rings. The lowest BCUT2D eigenvalue weighted by molar-refractivity contribution is 0.0950. The van der Waals surface area contributed by atoms with Crippen LogP contribution in [0.15, 0.2) is 73.2 Å². The molecule has 0 aliphatic rings. The summed E-state index contributed by atoms with van der Waals surface area (Å²) in [7, 11) is 0. The van der Waals surface area contributed by atoms with Gasteiger partial charge in [0.15, 0.2) is 5.65 Å². The minimum Gasteiger partial charge on any atom is -0.483 e. The molecule has 0 atom stereocenters. The summed E-state index contributed by atoms with van der Waals surface area (Å²) in [6.07, 6.45) is 3.33. The van der Waals surface area contributed by atoms with Crippen LogP contribution in [0.3, 0.4) is 0 Å². The zero-order valence-corrected chi connectivity index (χ0v) is 16.7. The standard InChI is InChI=1S/C23H21FN4O2/c1-23(2,19-10-3-4-11-20(19)24)30-17-8-5-7-16(13-17)14-25-22(29)18-9-6-12-28-15-26-27-21(18)28/h3-13,15H,14H2,1-2H3,(H,25,29). The highest BCUT2D eigenvalue weighted by molar-refractivity contribution is 5.99. The molecule has 0 spiro atoms. The van der Waals surface area contributed by atoms with Gasteiger partial charge < -0.3 is 10.1 Å². The van der Waals surface area contributed by atoms with E-state index in [4.69, 9.17) is 4.74 Å². The average molecular weight is 404 g/mol. The lowest BCUT2D eigenvalue weighted by Gasteiger charge is -2.27. The van der Waals surface area contributed by atoms with Crippen LogP contribution < -0.4 is 10.1 Å². The number of benzene rings is 2. The third kappa shape index (κ3) is 4.00. The van der Waals surface area contributed by atoms with E-state index in [0.29, 0.717) is 29.1 Å². The SMILES string of the molecule is CC(C)(Oc1cccc(CNC(=O)c2cccn3cnnc23)c1)c1ccccc1F. The highest BCUT2D eigenvalue weighted by Crippen LogP contribution is 2.29. The van der Waals surface area contributed by atoms with Crippen LogP contribution in [-0.4, -0.2) is 20.5 Å². The molecular formula is C23H21FN4O2. The number of hydrogen-bond donors (Lipinski definition) is 1. The normalized spacial score (nSPS) is 11.4. The van der Waals surface area contributed by atoms with Crippen LogP contribution in [0.1, 0.15) is 35.3 Å². The fourth-order valence-corrected chi connectivity index (χ4v) is 3.32. The highest BCUT2D eigenvalue weighted by atomic mass is 19.1. The number of nitrogens with one attached hydrogen (secondary N) is 1. The van der Waals surface area contributed by atoms with E-state index in [-0.39, 0.29) is 11.7 Å². The van der Waals surface area contributed by atoms with Gasteiger partial charge in [0.25, 0.3) is 5.91 Å². The van der Waals surface area contributed by atoms with Crippen molar-refractivity contribution in [1.82, 2.24) is 19.9 Å². The number of carbonyl (C=O) groups is 1. The number of fused-ring (bicyclic) bond motifs is 1. The summed E-state index contributed by atoms with van der Waals surface area (Å²) in [5.41, 5.74) is 1.43. The van der Waals surface area contributed by atoms with E-state index in [2.05, 4.69) is 15.5 Å². The van der Waals surface area contributed by atoms with Crippen LogP contribution in [0.5, 0.6) is 5.75 Å². The third-order valence-electron chi connectivity index (χ3n) is 4.82. The molecule has 0 aliphatic carbocycles. The first-order valence-electron chi connectivity index (χ1n) is 9.53. The van der Waals surface area contributed by atoms with Crippen LogP contribution >= 0.6 is 0 Å². The molecule has 2 aromatic heterocycles. The Morgan fingerprint density at radius 3 is 2.80 bits per heavy atom. The number of hydrogen-bond acceptors (Lipinski definition) is 4. The second-order valence-corrected chi connectivity index (χ2v) is 7.41. The number of pyridine rings is 1. The van der Waals surface area contributed by atoms with E-state index in [1.807, 2.05) is 38.1 Å². The number of rotatable bonds is 6. The van der Waals surface area contributed by atoms with Crippen LogP contribution in [-0.2, 0) is 12.1 Å². The smallest absolute Gasteiger partial charge is 0.255 e. The third-order valence-corrected chi connectivity index (χ3v) is 4.82. The van der Waals surface area contributed by atoms with Crippen molar-refractivity contribution < 1.29 is 13.9 Å². The van der Waals surface area contributed by atoms with Crippen molar-refractivity contribution in [3.05, 3.63) is 95.7 Å². The molecule has 1 N–H and O–H groups in total. The van der Waals surface area contributed by atoms with Crippen molar-refractivity contribution in [3.63, 3.8) is 0 Å². The Bertz CT molecular complexity index is 1200. The first-order valence-corrected chi connectivity index (χ1v) is 9.53. The Labute approximate surface area is 173 Å². The molecular weight excluding hydrogens is 383 g/mol. The van der Waals surface area contributed by atoms with E-state index >= 15 is 0 Å². The molecule has 0 unspecified atom stereocenters. The Hall–Kier alpha value is -3.74. The number of aromatic nitrogens is 3. The number of ether oxygens (including phenoxy) is 1. The van der Waals surface area contributed by atoms with Gasteiger partial charge >= 0.3 is 0 Å². The van der Waals surface area contributed by atoms with Crippen molar-refractivity contribution in [1.29, 1.82) is 0 Å². The van der Waals surface area contributed by atoms with Gasteiger partial charge in [-0.2, -0.15) is 0 Å². The van der Waals surface area contributed by atoms with Crippen molar-refractivity contribution in [2.75, 3.05) is 0 Å². The minimum absolute atomic E-state index is 0.244. The van der Waals surface area contributed by atoms with Crippen molar-refractivity contribution in [2.45, 2.75) is 26.0 Å². The van der Waals surface area contributed by atoms with Gasteiger partial charge in [0.05, 0.1) is 5.56 Å². The molecule has 0 fully saturated rings. The predicted molar refractivity (Wildman–Crippen MR) is 111 cm³/mol.